The van der Waals surface area contributed by atoms with E-state index < -0.39 is 0 Å². The van der Waals surface area contributed by atoms with E-state index in [-0.39, 0.29) is 5.97 Å². The lowest BCUT2D eigenvalue weighted by atomic mass is 10.1. The summed E-state index contributed by atoms with van der Waals surface area (Å²) in [4.78, 5) is 13.8. The van der Waals surface area contributed by atoms with Crippen LogP contribution in [0.3, 0.4) is 0 Å². The molecule has 0 saturated heterocycles. The third kappa shape index (κ3) is 1.99. The van der Waals surface area contributed by atoms with Gasteiger partial charge in [0.15, 0.2) is 0 Å². The molecule has 0 atom stereocenters. The third-order valence-electron chi connectivity index (χ3n) is 1.55. The van der Waals surface area contributed by atoms with Gasteiger partial charge in [-0.25, -0.2) is 4.79 Å². The van der Waals surface area contributed by atoms with Crippen molar-refractivity contribution >= 4 is 5.97 Å². The maximum absolute atomic E-state index is 10.9. The van der Waals surface area contributed by atoms with Gasteiger partial charge in [-0.05, 0) is 11.6 Å². The standard InChI is InChI=1S/C9H11NO2/c1-7(9(11)12-2)5-8-3-4-10-6-8/h3-4,6,10H,1,5H2,2H3. The van der Waals surface area contributed by atoms with E-state index >= 15 is 0 Å². The molecule has 0 spiro atoms. The van der Waals surface area contributed by atoms with Gasteiger partial charge in [0.1, 0.15) is 0 Å². The van der Waals surface area contributed by atoms with Gasteiger partial charge in [0.25, 0.3) is 0 Å². The summed E-state index contributed by atoms with van der Waals surface area (Å²) < 4.78 is 4.51. The Hall–Kier alpha value is -1.51. The molecule has 12 heavy (non-hydrogen) atoms. The molecule has 0 saturated carbocycles. The van der Waals surface area contributed by atoms with Gasteiger partial charge >= 0.3 is 5.97 Å². The average Bonchev–Trinajstić information content (AvgIpc) is 2.55. The van der Waals surface area contributed by atoms with Gasteiger partial charge in [0.05, 0.1) is 7.11 Å². The SMILES string of the molecule is C=C(Cc1cc[nH]c1)C(=O)OC. The van der Waals surface area contributed by atoms with Gasteiger partial charge < -0.3 is 9.72 Å². The largest absolute Gasteiger partial charge is 0.466 e. The molecule has 0 fully saturated rings. The predicted octanol–water partition coefficient (Wildman–Crippen LogP) is 1.29. The van der Waals surface area contributed by atoms with E-state index in [0.29, 0.717) is 12.0 Å². The number of aromatic nitrogens is 1. The first-order valence-electron chi connectivity index (χ1n) is 3.62. The normalized spacial score (nSPS) is 9.42. The van der Waals surface area contributed by atoms with E-state index in [4.69, 9.17) is 0 Å². The summed E-state index contributed by atoms with van der Waals surface area (Å²) in [6.45, 7) is 3.61. The lowest BCUT2D eigenvalue weighted by Crippen LogP contribution is -2.05. The summed E-state index contributed by atoms with van der Waals surface area (Å²) in [6.07, 6.45) is 4.17. The zero-order chi connectivity index (χ0) is 8.97. The van der Waals surface area contributed by atoms with E-state index in [1.54, 1.807) is 6.20 Å². The van der Waals surface area contributed by atoms with Crippen molar-refractivity contribution in [3.05, 3.63) is 36.2 Å². The van der Waals surface area contributed by atoms with Gasteiger partial charge in [-0.1, -0.05) is 6.58 Å². The molecule has 0 unspecified atom stereocenters. The quantitative estimate of drug-likeness (QED) is 0.541. The highest BCUT2D eigenvalue weighted by Gasteiger charge is 2.06. The second kappa shape index (κ2) is 3.76. The van der Waals surface area contributed by atoms with Crippen LogP contribution in [-0.4, -0.2) is 18.1 Å². The van der Waals surface area contributed by atoms with Crippen LogP contribution >= 0.6 is 0 Å². The second-order valence-corrected chi connectivity index (χ2v) is 2.49. The molecule has 0 aromatic carbocycles. The number of carbonyl (C=O) groups is 1. The van der Waals surface area contributed by atoms with Crippen molar-refractivity contribution in [3.8, 4) is 0 Å². The molecule has 1 N–H and O–H groups in total. The summed E-state index contributed by atoms with van der Waals surface area (Å²) in [6, 6.07) is 1.90. The molecule has 0 aliphatic carbocycles. The van der Waals surface area contributed by atoms with E-state index in [1.807, 2.05) is 12.3 Å². The molecule has 0 radical (unpaired) electrons. The predicted molar refractivity (Wildman–Crippen MR) is 45.7 cm³/mol. The smallest absolute Gasteiger partial charge is 0.333 e. The minimum atomic E-state index is -0.351. The monoisotopic (exact) mass is 165 g/mol. The van der Waals surface area contributed by atoms with Crippen LogP contribution in [0.5, 0.6) is 0 Å². The highest BCUT2D eigenvalue weighted by molar-refractivity contribution is 5.88. The van der Waals surface area contributed by atoms with Crippen LogP contribution in [0, 0.1) is 0 Å². The zero-order valence-corrected chi connectivity index (χ0v) is 6.96. The van der Waals surface area contributed by atoms with Crippen molar-refractivity contribution in [1.29, 1.82) is 0 Å². The number of nitrogens with one attached hydrogen (secondary N) is 1. The number of esters is 1. The lowest BCUT2D eigenvalue weighted by Gasteiger charge is -2.00. The molecular weight excluding hydrogens is 154 g/mol. The lowest BCUT2D eigenvalue weighted by molar-refractivity contribution is -0.136. The summed E-state index contributed by atoms with van der Waals surface area (Å²) in [7, 11) is 1.35. The Kier molecular flexibility index (Phi) is 2.69. The molecule has 1 rings (SSSR count). The Morgan fingerprint density at radius 2 is 2.50 bits per heavy atom. The summed E-state index contributed by atoms with van der Waals surface area (Å²) in [5.74, 6) is -0.351. The van der Waals surface area contributed by atoms with Crippen LogP contribution in [-0.2, 0) is 16.0 Å². The van der Waals surface area contributed by atoms with Crippen molar-refractivity contribution in [2.24, 2.45) is 0 Å². The van der Waals surface area contributed by atoms with Crippen LogP contribution in [0.4, 0.5) is 0 Å². The Labute approximate surface area is 71.1 Å². The second-order valence-electron chi connectivity index (χ2n) is 2.49. The van der Waals surface area contributed by atoms with Crippen molar-refractivity contribution in [2.75, 3.05) is 7.11 Å². The van der Waals surface area contributed by atoms with Crippen molar-refractivity contribution in [2.45, 2.75) is 6.42 Å². The number of aromatic amines is 1. The molecule has 0 bridgehead atoms. The minimum Gasteiger partial charge on any atom is -0.466 e. The Morgan fingerprint density at radius 3 is 3.00 bits per heavy atom. The Bertz CT molecular complexity index is 275. The number of rotatable bonds is 3. The molecule has 3 heteroatoms. The zero-order valence-electron chi connectivity index (χ0n) is 6.96. The maximum Gasteiger partial charge on any atom is 0.333 e. The molecule has 64 valence electrons. The molecule has 1 aromatic rings. The maximum atomic E-state index is 10.9. The molecular formula is C9H11NO2. The van der Waals surface area contributed by atoms with E-state index in [2.05, 4.69) is 16.3 Å². The number of methoxy groups -OCH3 is 1. The van der Waals surface area contributed by atoms with Gasteiger partial charge in [-0.2, -0.15) is 0 Å². The number of H-pyrrole nitrogens is 1. The Morgan fingerprint density at radius 1 is 1.75 bits per heavy atom. The van der Waals surface area contributed by atoms with Crippen LogP contribution < -0.4 is 0 Å². The van der Waals surface area contributed by atoms with Crippen molar-refractivity contribution in [3.63, 3.8) is 0 Å². The first-order valence-corrected chi connectivity index (χ1v) is 3.62. The molecule has 3 nitrogen and oxygen atoms in total. The van der Waals surface area contributed by atoms with Crippen LogP contribution in [0.2, 0.25) is 0 Å². The highest BCUT2D eigenvalue weighted by atomic mass is 16.5. The Balaban J connectivity index is 2.53. The fourth-order valence-corrected chi connectivity index (χ4v) is 0.931. The van der Waals surface area contributed by atoms with Crippen LogP contribution in [0.1, 0.15) is 5.56 Å². The van der Waals surface area contributed by atoms with Gasteiger partial charge in [0, 0.05) is 24.4 Å². The van der Waals surface area contributed by atoms with Crippen molar-refractivity contribution in [1.82, 2.24) is 4.98 Å². The van der Waals surface area contributed by atoms with Crippen LogP contribution in [0.15, 0.2) is 30.6 Å². The minimum absolute atomic E-state index is 0.351. The topological polar surface area (TPSA) is 42.1 Å². The number of ether oxygens (including phenoxy) is 1. The van der Waals surface area contributed by atoms with Gasteiger partial charge in [-0.3, -0.25) is 0 Å². The fraction of sp³-hybridized carbons (Fsp3) is 0.222. The molecule has 0 amide bonds. The number of hydrogen-bond donors (Lipinski definition) is 1. The molecule has 1 aromatic heterocycles. The van der Waals surface area contributed by atoms with Gasteiger partial charge in [-0.15, -0.1) is 0 Å². The molecule has 1 heterocycles. The number of hydrogen-bond acceptors (Lipinski definition) is 2. The molecule has 0 aliphatic heterocycles. The number of carbonyl (C=O) groups excluding carboxylic acids is 1. The van der Waals surface area contributed by atoms with E-state index in [9.17, 15) is 4.79 Å². The first kappa shape index (κ1) is 8.59. The summed E-state index contributed by atoms with van der Waals surface area (Å²) in [5.41, 5.74) is 1.50. The highest BCUT2D eigenvalue weighted by Crippen LogP contribution is 2.05. The summed E-state index contributed by atoms with van der Waals surface area (Å²) in [5, 5.41) is 0. The fourth-order valence-electron chi connectivity index (χ4n) is 0.931. The van der Waals surface area contributed by atoms with Crippen LogP contribution in [0.25, 0.3) is 0 Å². The van der Waals surface area contributed by atoms with E-state index in [1.165, 1.54) is 7.11 Å². The van der Waals surface area contributed by atoms with Gasteiger partial charge in [0.2, 0.25) is 0 Å². The van der Waals surface area contributed by atoms with Crippen molar-refractivity contribution < 1.29 is 9.53 Å². The van der Waals surface area contributed by atoms with E-state index in [0.717, 1.165) is 5.56 Å². The molecule has 0 aliphatic rings. The third-order valence-corrected chi connectivity index (χ3v) is 1.55. The average molecular weight is 165 g/mol. The first-order chi connectivity index (χ1) is 5.74. The summed E-state index contributed by atoms with van der Waals surface area (Å²) >= 11 is 0.